The number of piperidine rings is 1. The van der Waals surface area contributed by atoms with Crippen LogP contribution in [0.5, 0.6) is 0 Å². The number of urea groups is 1. The lowest BCUT2D eigenvalue weighted by Gasteiger charge is -2.30. The number of nitrogens with zero attached hydrogens (tertiary/aromatic N) is 3. The predicted molar refractivity (Wildman–Crippen MR) is 102 cm³/mol. The van der Waals surface area contributed by atoms with Crippen molar-refractivity contribution in [3.8, 4) is 0 Å². The molecule has 0 aliphatic carbocycles. The maximum Gasteiger partial charge on any atom is 0.326 e. The number of likely N-dealkylation sites (tertiary alicyclic amines) is 1. The number of benzene rings is 1. The Hall–Kier alpha value is -2.11. The molecule has 1 aliphatic heterocycles. The maximum absolute atomic E-state index is 12.8. The first-order valence-electron chi connectivity index (χ1n) is 8.69. The van der Waals surface area contributed by atoms with E-state index in [-0.39, 0.29) is 6.03 Å². The molecule has 3 rings (SSSR count). The fourth-order valence-corrected chi connectivity index (χ4v) is 3.23. The van der Waals surface area contributed by atoms with Gasteiger partial charge in [-0.2, -0.15) is 0 Å². The van der Waals surface area contributed by atoms with Crippen LogP contribution in [-0.2, 0) is 0 Å². The smallest absolute Gasteiger partial charge is 0.306 e. The lowest BCUT2D eigenvalue weighted by Crippen LogP contribution is -2.42. The first-order chi connectivity index (χ1) is 12.2. The van der Waals surface area contributed by atoms with Crippen LogP contribution in [0.25, 0.3) is 0 Å². The van der Waals surface area contributed by atoms with Gasteiger partial charge in [-0.15, -0.1) is 0 Å². The van der Waals surface area contributed by atoms with Crippen molar-refractivity contribution in [2.45, 2.75) is 19.3 Å². The number of aromatic nitrogens is 1. The van der Waals surface area contributed by atoms with Crippen LogP contribution in [0.2, 0.25) is 5.02 Å². The SMILES string of the molecule is O=C(Nc1cccnc1)N(CCN1CCCCC1)c1cccc(Cl)c1. The lowest BCUT2D eigenvalue weighted by atomic mass is 10.1. The first kappa shape index (κ1) is 17.7. The summed E-state index contributed by atoms with van der Waals surface area (Å²) in [4.78, 5) is 21.0. The van der Waals surface area contributed by atoms with Crippen molar-refractivity contribution >= 4 is 29.0 Å². The molecular formula is C19H23ClN4O. The van der Waals surface area contributed by atoms with Crippen LogP contribution >= 0.6 is 11.6 Å². The van der Waals surface area contributed by atoms with Crippen LogP contribution in [0, 0.1) is 0 Å². The van der Waals surface area contributed by atoms with Gasteiger partial charge in [-0.05, 0) is 56.3 Å². The van der Waals surface area contributed by atoms with Crippen molar-refractivity contribution in [1.29, 1.82) is 0 Å². The predicted octanol–water partition coefficient (Wildman–Crippen LogP) is 4.26. The summed E-state index contributed by atoms with van der Waals surface area (Å²) < 4.78 is 0. The number of pyridine rings is 1. The molecule has 25 heavy (non-hydrogen) atoms. The van der Waals surface area contributed by atoms with E-state index in [0.29, 0.717) is 17.3 Å². The summed E-state index contributed by atoms with van der Waals surface area (Å²) >= 11 is 6.12. The van der Waals surface area contributed by atoms with Gasteiger partial charge in [0, 0.05) is 30.0 Å². The monoisotopic (exact) mass is 358 g/mol. The second kappa shape index (κ2) is 8.83. The second-order valence-corrected chi connectivity index (χ2v) is 6.64. The van der Waals surface area contributed by atoms with Gasteiger partial charge in [0.05, 0.1) is 11.9 Å². The third kappa shape index (κ3) is 5.18. The van der Waals surface area contributed by atoms with Crippen LogP contribution in [-0.4, -0.2) is 42.1 Å². The zero-order valence-corrected chi connectivity index (χ0v) is 15.0. The zero-order chi connectivity index (χ0) is 17.5. The minimum absolute atomic E-state index is 0.174. The van der Waals surface area contributed by atoms with Gasteiger partial charge < -0.3 is 10.2 Å². The van der Waals surface area contributed by atoms with Gasteiger partial charge in [-0.3, -0.25) is 9.88 Å². The lowest BCUT2D eigenvalue weighted by molar-refractivity contribution is 0.230. The highest BCUT2D eigenvalue weighted by Crippen LogP contribution is 2.21. The Bertz CT molecular complexity index is 689. The molecule has 1 aromatic carbocycles. The normalized spacial score (nSPS) is 14.9. The van der Waals surface area contributed by atoms with E-state index in [4.69, 9.17) is 11.6 Å². The molecule has 1 aromatic heterocycles. The van der Waals surface area contributed by atoms with Crippen LogP contribution < -0.4 is 10.2 Å². The number of carbonyl (C=O) groups is 1. The number of halogens is 1. The minimum Gasteiger partial charge on any atom is -0.306 e. The van der Waals surface area contributed by atoms with Crippen LogP contribution in [0.15, 0.2) is 48.8 Å². The summed E-state index contributed by atoms with van der Waals surface area (Å²) in [6.07, 6.45) is 7.09. The average Bonchev–Trinajstić information content (AvgIpc) is 2.64. The molecular weight excluding hydrogens is 336 g/mol. The van der Waals surface area contributed by atoms with E-state index < -0.39 is 0 Å². The van der Waals surface area contributed by atoms with Gasteiger partial charge in [0.2, 0.25) is 0 Å². The Morgan fingerprint density at radius 3 is 2.76 bits per heavy atom. The Morgan fingerprint density at radius 1 is 1.20 bits per heavy atom. The molecule has 0 bridgehead atoms. The highest BCUT2D eigenvalue weighted by Gasteiger charge is 2.18. The molecule has 5 nitrogen and oxygen atoms in total. The second-order valence-electron chi connectivity index (χ2n) is 6.21. The molecule has 2 heterocycles. The summed E-state index contributed by atoms with van der Waals surface area (Å²) in [6.45, 7) is 3.68. The summed E-state index contributed by atoms with van der Waals surface area (Å²) in [5.74, 6) is 0. The third-order valence-corrected chi connectivity index (χ3v) is 4.60. The van der Waals surface area contributed by atoms with Crippen LogP contribution in [0.4, 0.5) is 16.2 Å². The molecule has 132 valence electrons. The van der Waals surface area contributed by atoms with Crippen molar-refractivity contribution < 1.29 is 4.79 Å². The van der Waals surface area contributed by atoms with Gasteiger partial charge in [0.1, 0.15) is 0 Å². The van der Waals surface area contributed by atoms with Gasteiger partial charge in [0.15, 0.2) is 0 Å². The van der Waals surface area contributed by atoms with E-state index in [9.17, 15) is 4.79 Å². The van der Waals surface area contributed by atoms with E-state index in [2.05, 4.69) is 15.2 Å². The molecule has 0 radical (unpaired) electrons. The summed E-state index contributed by atoms with van der Waals surface area (Å²) in [5.41, 5.74) is 1.48. The third-order valence-electron chi connectivity index (χ3n) is 4.37. The fourth-order valence-electron chi connectivity index (χ4n) is 3.04. The summed E-state index contributed by atoms with van der Waals surface area (Å²) in [7, 11) is 0. The maximum atomic E-state index is 12.8. The molecule has 1 fully saturated rings. The Labute approximate surface area is 153 Å². The number of rotatable bonds is 5. The number of hydrogen-bond donors (Lipinski definition) is 1. The number of anilines is 2. The van der Waals surface area contributed by atoms with E-state index in [1.165, 1.54) is 19.3 Å². The molecule has 0 spiro atoms. The highest BCUT2D eigenvalue weighted by molar-refractivity contribution is 6.31. The topological polar surface area (TPSA) is 48.5 Å². The number of amides is 2. The van der Waals surface area contributed by atoms with Crippen LogP contribution in [0.1, 0.15) is 19.3 Å². The fraction of sp³-hybridized carbons (Fsp3) is 0.368. The first-order valence-corrected chi connectivity index (χ1v) is 9.06. The molecule has 0 unspecified atom stereocenters. The molecule has 0 saturated carbocycles. The van der Waals surface area contributed by atoms with Gasteiger partial charge >= 0.3 is 6.03 Å². The van der Waals surface area contributed by atoms with Crippen molar-refractivity contribution in [3.63, 3.8) is 0 Å². The van der Waals surface area contributed by atoms with Gasteiger partial charge in [-0.25, -0.2) is 4.79 Å². The molecule has 1 saturated heterocycles. The molecule has 1 aliphatic rings. The van der Waals surface area contributed by atoms with Crippen LogP contribution in [0.3, 0.4) is 0 Å². The summed E-state index contributed by atoms with van der Waals surface area (Å²) in [5, 5.41) is 3.53. The van der Waals surface area contributed by atoms with Gasteiger partial charge in [-0.1, -0.05) is 24.1 Å². The van der Waals surface area contributed by atoms with Crippen molar-refractivity contribution in [1.82, 2.24) is 9.88 Å². The standard InChI is InChI=1S/C19H23ClN4O/c20-16-6-4-8-18(14-16)24(13-12-23-10-2-1-3-11-23)19(25)22-17-7-5-9-21-15-17/h4-9,14-15H,1-3,10-13H2,(H,22,25). The quantitative estimate of drug-likeness (QED) is 0.868. The van der Waals surface area contributed by atoms with Crippen molar-refractivity contribution in [2.75, 3.05) is 36.4 Å². The Kier molecular flexibility index (Phi) is 6.25. The number of hydrogen-bond acceptors (Lipinski definition) is 3. The largest absolute Gasteiger partial charge is 0.326 e. The molecule has 6 heteroatoms. The summed E-state index contributed by atoms with van der Waals surface area (Å²) in [6, 6.07) is 10.9. The molecule has 2 aromatic rings. The zero-order valence-electron chi connectivity index (χ0n) is 14.2. The molecule has 2 amide bonds. The Balaban J connectivity index is 1.72. The molecule has 0 atom stereocenters. The van der Waals surface area contributed by atoms with E-state index in [1.807, 2.05) is 30.3 Å². The number of carbonyl (C=O) groups excluding carboxylic acids is 1. The van der Waals surface area contributed by atoms with E-state index >= 15 is 0 Å². The Morgan fingerprint density at radius 2 is 2.04 bits per heavy atom. The van der Waals surface area contributed by atoms with Crippen molar-refractivity contribution in [3.05, 3.63) is 53.8 Å². The van der Waals surface area contributed by atoms with Crippen molar-refractivity contribution in [2.24, 2.45) is 0 Å². The highest BCUT2D eigenvalue weighted by atomic mass is 35.5. The van der Waals surface area contributed by atoms with Gasteiger partial charge in [0.25, 0.3) is 0 Å². The van der Waals surface area contributed by atoms with E-state index in [0.717, 1.165) is 25.3 Å². The number of nitrogens with one attached hydrogen (secondary N) is 1. The molecule has 1 N–H and O–H groups in total. The minimum atomic E-state index is -0.174. The van der Waals surface area contributed by atoms with E-state index in [1.54, 1.807) is 23.4 Å². The average molecular weight is 359 g/mol.